The Morgan fingerprint density at radius 3 is 1.60 bits per heavy atom. The van der Waals surface area contributed by atoms with Crippen LogP contribution >= 0.6 is 0 Å². The van der Waals surface area contributed by atoms with Crippen LogP contribution in [0.25, 0.3) is 0 Å². The fraction of sp³-hybridized carbons (Fsp3) is 1.00. The highest BCUT2D eigenvalue weighted by Crippen LogP contribution is 2.40. The van der Waals surface area contributed by atoms with E-state index < -0.39 is 34.6 Å². The highest BCUT2D eigenvalue weighted by atomic mass is 16.5. The molecule has 0 aromatic heterocycles. The molecule has 0 fully saturated rings. The van der Waals surface area contributed by atoms with Crippen LogP contribution in [-0.4, -0.2) is 68.3 Å². The normalized spacial score (nSPS) is 19.2. The summed E-state index contributed by atoms with van der Waals surface area (Å²) in [5, 5.41) is 40.4. The molecule has 35 heavy (non-hydrogen) atoms. The Labute approximate surface area is 216 Å². The highest BCUT2D eigenvalue weighted by Gasteiger charge is 2.39. The Morgan fingerprint density at radius 1 is 0.657 bits per heavy atom. The SMILES string of the molecule is CCC(C)(CC(C)(C)CC(C)(C)O)OCC(O)CC(C)(CC)OC(C)(C)CC(C)(C)CC(O)CO. The van der Waals surface area contributed by atoms with Crippen molar-refractivity contribution in [2.24, 2.45) is 10.8 Å². The fourth-order valence-corrected chi connectivity index (χ4v) is 6.27. The predicted molar refractivity (Wildman–Crippen MR) is 145 cm³/mol. The summed E-state index contributed by atoms with van der Waals surface area (Å²) in [6, 6.07) is 0. The van der Waals surface area contributed by atoms with E-state index in [0.29, 0.717) is 25.7 Å². The molecule has 6 nitrogen and oxygen atoms in total. The largest absolute Gasteiger partial charge is 0.394 e. The van der Waals surface area contributed by atoms with Gasteiger partial charge in [0.15, 0.2) is 0 Å². The Morgan fingerprint density at radius 2 is 1.17 bits per heavy atom. The molecule has 0 aliphatic carbocycles. The number of ether oxygens (including phenoxy) is 2. The van der Waals surface area contributed by atoms with Crippen molar-refractivity contribution in [3.05, 3.63) is 0 Å². The zero-order valence-corrected chi connectivity index (χ0v) is 25.1. The maximum Gasteiger partial charge on any atom is 0.0801 e. The fourth-order valence-electron chi connectivity index (χ4n) is 6.27. The van der Waals surface area contributed by atoms with Crippen molar-refractivity contribution < 1.29 is 29.9 Å². The molecule has 0 heterocycles. The van der Waals surface area contributed by atoms with E-state index in [2.05, 4.69) is 62.3 Å². The van der Waals surface area contributed by atoms with Crippen LogP contribution in [0.2, 0.25) is 0 Å². The molecule has 0 aromatic carbocycles. The van der Waals surface area contributed by atoms with E-state index in [1.54, 1.807) is 0 Å². The predicted octanol–water partition coefficient (Wildman–Crippen LogP) is 5.62. The monoisotopic (exact) mass is 504 g/mol. The molecule has 6 heteroatoms. The quantitative estimate of drug-likeness (QED) is 0.193. The van der Waals surface area contributed by atoms with Crippen molar-refractivity contribution in [1.29, 1.82) is 0 Å². The van der Waals surface area contributed by atoms with Gasteiger partial charge < -0.3 is 29.9 Å². The van der Waals surface area contributed by atoms with E-state index in [9.17, 15) is 20.4 Å². The summed E-state index contributed by atoms with van der Waals surface area (Å²) in [5.74, 6) is 0. The molecule has 0 saturated heterocycles. The first-order valence-corrected chi connectivity index (χ1v) is 13.5. The molecule has 0 amide bonds. The summed E-state index contributed by atoms with van der Waals surface area (Å²) in [5.41, 5.74) is -2.44. The van der Waals surface area contributed by atoms with Crippen LogP contribution in [0.5, 0.6) is 0 Å². The molecule has 4 atom stereocenters. The second kappa shape index (κ2) is 13.0. The first-order chi connectivity index (χ1) is 15.5. The van der Waals surface area contributed by atoms with Crippen molar-refractivity contribution in [3.8, 4) is 0 Å². The van der Waals surface area contributed by atoms with Gasteiger partial charge in [-0.1, -0.05) is 41.5 Å². The Hall–Kier alpha value is -0.240. The molecule has 4 unspecified atom stereocenters. The summed E-state index contributed by atoms with van der Waals surface area (Å²) in [7, 11) is 0. The number of aliphatic hydroxyl groups excluding tert-OH is 3. The lowest BCUT2D eigenvalue weighted by molar-refractivity contribution is -0.172. The molecule has 0 aliphatic heterocycles. The van der Waals surface area contributed by atoms with Gasteiger partial charge in [-0.25, -0.2) is 0 Å². The van der Waals surface area contributed by atoms with Gasteiger partial charge in [0, 0.05) is 6.42 Å². The van der Waals surface area contributed by atoms with Crippen LogP contribution < -0.4 is 0 Å². The average molecular weight is 505 g/mol. The van der Waals surface area contributed by atoms with E-state index in [-0.39, 0.29) is 24.0 Å². The average Bonchev–Trinajstić information content (AvgIpc) is 2.61. The van der Waals surface area contributed by atoms with Crippen molar-refractivity contribution in [2.75, 3.05) is 13.2 Å². The molecule has 0 rings (SSSR count). The van der Waals surface area contributed by atoms with Crippen molar-refractivity contribution in [3.63, 3.8) is 0 Å². The number of hydrogen-bond donors (Lipinski definition) is 4. The second-order valence-corrected chi connectivity index (χ2v) is 14.3. The van der Waals surface area contributed by atoms with Gasteiger partial charge in [-0.2, -0.15) is 0 Å². The first-order valence-electron chi connectivity index (χ1n) is 13.5. The maximum absolute atomic E-state index is 10.9. The third kappa shape index (κ3) is 14.9. The van der Waals surface area contributed by atoms with Crippen LogP contribution in [0.4, 0.5) is 0 Å². The Kier molecular flexibility index (Phi) is 12.9. The summed E-state index contributed by atoms with van der Waals surface area (Å²) in [4.78, 5) is 0. The van der Waals surface area contributed by atoms with E-state index in [1.807, 2.05) is 20.8 Å². The lowest BCUT2D eigenvalue weighted by Gasteiger charge is -2.43. The molecule has 0 spiro atoms. The minimum atomic E-state index is -0.741. The number of aliphatic hydroxyl groups is 4. The molecule has 0 saturated carbocycles. The lowest BCUT2D eigenvalue weighted by atomic mass is 9.73. The summed E-state index contributed by atoms with van der Waals surface area (Å²) >= 11 is 0. The van der Waals surface area contributed by atoms with Gasteiger partial charge in [0.05, 0.1) is 47.8 Å². The van der Waals surface area contributed by atoms with Crippen molar-refractivity contribution >= 4 is 0 Å². The minimum Gasteiger partial charge on any atom is -0.394 e. The molecular weight excluding hydrogens is 444 g/mol. The van der Waals surface area contributed by atoms with Gasteiger partial charge in [0.2, 0.25) is 0 Å². The van der Waals surface area contributed by atoms with Crippen molar-refractivity contribution in [1.82, 2.24) is 0 Å². The zero-order chi connectivity index (χ0) is 27.9. The van der Waals surface area contributed by atoms with Crippen LogP contribution in [0.3, 0.4) is 0 Å². The summed E-state index contributed by atoms with van der Waals surface area (Å²) in [6.07, 6.45) is 3.29. The van der Waals surface area contributed by atoms with E-state index in [0.717, 1.165) is 19.3 Å². The van der Waals surface area contributed by atoms with Crippen LogP contribution in [0.15, 0.2) is 0 Å². The smallest absolute Gasteiger partial charge is 0.0801 e. The molecule has 0 aliphatic rings. The molecule has 0 bridgehead atoms. The topological polar surface area (TPSA) is 99.4 Å². The summed E-state index contributed by atoms with van der Waals surface area (Å²) in [6.45, 7) is 24.5. The summed E-state index contributed by atoms with van der Waals surface area (Å²) < 4.78 is 12.9. The molecule has 0 radical (unpaired) electrons. The molecule has 4 N–H and O–H groups in total. The standard InChI is InChI=1S/C29H60O6/c1-13-28(11,35-27(9,10)20-24(3,4)15-22(31)17-30)16-23(32)18-34-29(12,14-2)21-25(5,6)19-26(7,8)33/h22-23,30-33H,13-21H2,1-12H3. The zero-order valence-electron chi connectivity index (χ0n) is 25.1. The van der Waals surface area contributed by atoms with Gasteiger partial charge in [-0.15, -0.1) is 0 Å². The van der Waals surface area contributed by atoms with Gasteiger partial charge in [-0.05, 0) is 90.9 Å². The van der Waals surface area contributed by atoms with Crippen LogP contribution in [-0.2, 0) is 9.47 Å². The van der Waals surface area contributed by atoms with E-state index >= 15 is 0 Å². The Bertz CT molecular complexity index is 609. The van der Waals surface area contributed by atoms with Gasteiger partial charge in [0.25, 0.3) is 0 Å². The third-order valence-corrected chi connectivity index (χ3v) is 6.98. The van der Waals surface area contributed by atoms with E-state index in [4.69, 9.17) is 9.47 Å². The van der Waals surface area contributed by atoms with Gasteiger partial charge in [0.1, 0.15) is 0 Å². The third-order valence-electron chi connectivity index (χ3n) is 6.98. The lowest BCUT2D eigenvalue weighted by Crippen LogP contribution is -2.45. The van der Waals surface area contributed by atoms with Crippen molar-refractivity contribution in [2.45, 2.75) is 163 Å². The van der Waals surface area contributed by atoms with Gasteiger partial charge in [-0.3, -0.25) is 0 Å². The first kappa shape index (κ1) is 34.8. The minimum absolute atomic E-state index is 0.102. The Balaban J connectivity index is 5.15. The molecule has 0 aromatic rings. The van der Waals surface area contributed by atoms with E-state index in [1.165, 1.54) is 0 Å². The number of hydrogen-bond acceptors (Lipinski definition) is 6. The highest BCUT2D eigenvalue weighted by molar-refractivity contribution is 4.89. The molecule has 212 valence electrons. The maximum atomic E-state index is 10.9. The van der Waals surface area contributed by atoms with Crippen LogP contribution in [0, 0.1) is 10.8 Å². The second-order valence-electron chi connectivity index (χ2n) is 14.3. The van der Waals surface area contributed by atoms with Gasteiger partial charge >= 0.3 is 0 Å². The number of rotatable bonds is 18. The van der Waals surface area contributed by atoms with Crippen LogP contribution in [0.1, 0.15) is 128 Å². The molecular formula is C29H60O6.